The number of aromatic nitrogens is 2. The van der Waals surface area contributed by atoms with Gasteiger partial charge in [0, 0.05) is 13.1 Å². The Balaban J connectivity index is 2.53. The van der Waals surface area contributed by atoms with Crippen molar-refractivity contribution in [3.05, 3.63) is 17.5 Å². The van der Waals surface area contributed by atoms with Gasteiger partial charge in [-0.05, 0) is 52.0 Å². The average Bonchev–Trinajstić information content (AvgIpc) is 2.69. The molecule has 1 aromatic rings. The first-order valence-electron chi connectivity index (χ1n) is 7.67. The van der Waals surface area contributed by atoms with Crippen LogP contribution in [0.3, 0.4) is 0 Å². The highest BCUT2D eigenvalue weighted by Crippen LogP contribution is 2.15. The Bertz CT molecular complexity index is 472. The molecule has 1 amide bonds. The lowest BCUT2D eigenvalue weighted by Crippen LogP contribution is -2.34. The molecule has 1 atom stereocenters. The van der Waals surface area contributed by atoms with E-state index in [0.29, 0.717) is 11.6 Å². The maximum absolute atomic E-state index is 12.3. The van der Waals surface area contributed by atoms with Gasteiger partial charge in [0.25, 0.3) is 5.91 Å². The van der Waals surface area contributed by atoms with Gasteiger partial charge in [0.2, 0.25) is 0 Å². The van der Waals surface area contributed by atoms with Gasteiger partial charge >= 0.3 is 0 Å². The molecule has 0 aliphatic carbocycles. The molecule has 120 valence electrons. The van der Waals surface area contributed by atoms with Crippen LogP contribution in [0.4, 0.5) is 0 Å². The largest absolute Gasteiger partial charge is 0.390 e. The predicted octanol–water partition coefficient (Wildman–Crippen LogP) is 2.60. The van der Waals surface area contributed by atoms with Gasteiger partial charge in [0.05, 0.1) is 11.3 Å². The highest BCUT2D eigenvalue weighted by Gasteiger charge is 2.17. The van der Waals surface area contributed by atoms with Crippen molar-refractivity contribution >= 4 is 5.91 Å². The van der Waals surface area contributed by atoms with Gasteiger partial charge in [-0.1, -0.05) is 13.8 Å². The van der Waals surface area contributed by atoms with Gasteiger partial charge in [-0.25, -0.2) is 0 Å². The van der Waals surface area contributed by atoms with E-state index in [1.165, 1.54) is 0 Å². The maximum Gasteiger partial charge on any atom is 0.269 e. The molecule has 0 saturated heterocycles. The van der Waals surface area contributed by atoms with E-state index >= 15 is 0 Å². The number of nitrogens with one attached hydrogen (secondary N) is 1. The summed E-state index contributed by atoms with van der Waals surface area (Å²) in [6.45, 7) is 9.72. The summed E-state index contributed by atoms with van der Waals surface area (Å²) in [4.78, 5) is 12.3. The van der Waals surface area contributed by atoms with Crippen molar-refractivity contribution in [3.63, 3.8) is 0 Å². The Morgan fingerprint density at radius 1 is 1.43 bits per heavy atom. The molecule has 0 unspecified atom stereocenters. The molecule has 21 heavy (non-hydrogen) atoms. The third-order valence-corrected chi connectivity index (χ3v) is 3.53. The van der Waals surface area contributed by atoms with E-state index in [0.717, 1.165) is 25.0 Å². The quantitative estimate of drug-likeness (QED) is 0.812. The lowest BCUT2D eigenvalue weighted by Gasteiger charge is -2.19. The monoisotopic (exact) mass is 295 g/mol. The van der Waals surface area contributed by atoms with E-state index in [4.69, 9.17) is 0 Å². The second-order valence-electron chi connectivity index (χ2n) is 6.81. The average molecular weight is 295 g/mol. The molecule has 0 aliphatic rings. The summed E-state index contributed by atoms with van der Waals surface area (Å²) in [6, 6.07) is 1.93. The number of aryl methyl sites for hydroxylation is 1. The number of carbonyl (C=O) groups is 1. The molecule has 1 rings (SSSR count). The number of aliphatic hydroxyl groups is 1. The van der Waals surface area contributed by atoms with Crippen LogP contribution in [-0.4, -0.2) is 32.4 Å². The van der Waals surface area contributed by atoms with Crippen LogP contribution in [0, 0.1) is 0 Å². The minimum atomic E-state index is -0.641. The molecule has 1 aromatic heterocycles. The summed E-state index contributed by atoms with van der Waals surface area (Å²) in [5, 5.41) is 17.0. The van der Waals surface area contributed by atoms with Crippen molar-refractivity contribution < 1.29 is 9.90 Å². The number of carbonyl (C=O) groups excluding carboxylic acids is 1. The Kier molecular flexibility index (Phi) is 5.96. The standard InChI is InChI=1S/C16H29N3O2/c1-11(2)13-10-14(19(6)18-13)15(20)17-12(3)8-7-9-16(4,5)21/h10-12,21H,7-9H2,1-6H3,(H,17,20)/t12-/m0/s1. The lowest BCUT2D eigenvalue weighted by molar-refractivity contribution is 0.0674. The second kappa shape index (κ2) is 7.07. The fraction of sp³-hybridized carbons (Fsp3) is 0.750. The second-order valence-corrected chi connectivity index (χ2v) is 6.81. The lowest BCUT2D eigenvalue weighted by atomic mass is 10.00. The van der Waals surface area contributed by atoms with Crippen LogP contribution in [0.2, 0.25) is 0 Å². The van der Waals surface area contributed by atoms with Gasteiger partial charge in [-0.2, -0.15) is 5.10 Å². The highest BCUT2D eigenvalue weighted by atomic mass is 16.3. The summed E-state index contributed by atoms with van der Waals surface area (Å²) in [5.74, 6) is 0.217. The van der Waals surface area contributed by atoms with Crippen molar-refractivity contribution in [3.8, 4) is 0 Å². The van der Waals surface area contributed by atoms with Crippen LogP contribution in [0.5, 0.6) is 0 Å². The molecule has 5 nitrogen and oxygen atoms in total. The third kappa shape index (κ3) is 5.87. The number of nitrogens with zero attached hydrogens (tertiary/aromatic N) is 2. The van der Waals surface area contributed by atoms with Crippen molar-refractivity contribution in [2.24, 2.45) is 7.05 Å². The van der Waals surface area contributed by atoms with Gasteiger partial charge in [0.15, 0.2) is 0 Å². The molecule has 0 fully saturated rings. The number of hydrogen-bond acceptors (Lipinski definition) is 3. The third-order valence-electron chi connectivity index (χ3n) is 3.53. The first kappa shape index (κ1) is 17.7. The number of rotatable bonds is 7. The Morgan fingerprint density at radius 2 is 2.05 bits per heavy atom. The normalized spacial score (nSPS) is 13.5. The van der Waals surface area contributed by atoms with Crippen LogP contribution in [-0.2, 0) is 7.05 Å². The van der Waals surface area contributed by atoms with Gasteiger partial charge in [0.1, 0.15) is 5.69 Å². The van der Waals surface area contributed by atoms with E-state index < -0.39 is 5.60 Å². The summed E-state index contributed by atoms with van der Waals surface area (Å²) >= 11 is 0. The van der Waals surface area contributed by atoms with Crippen LogP contribution in [0.25, 0.3) is 0 Å². The van der Waals surface area contributed by atoms with E-state index in [9.17, 15) is 9.90 Å². The van der Waals surface area contributed by atoms with Crippen LogP contribution < -0.4 is 5.32 Å². The molecular weight excluding hydrogens is 266 g/mol. The van der Waals surface area contributed by atoms with Crippen molar-refractivity contribution in [2.45, 2.75) is 71.4 Å². The van der Waals surface area contributed by atoms with E-state index in [1.807, 2.05) is 13.0 Å². The van der Waals surface area contributed by atoms with Gasteiger partial charge in [-0.15, -0.1) is 0 Å². The Morgan fingerprint density at radius 3 is 2.52 bits per heavy atom. The fourth-order valence-electron chi connectivity index (χ4n) is 2.19. The van der Waals surface area contributed by atoms with E-state index in [1.54, 1.807) is 25.6 Å². The van der Waals surface area contributed by atoms with Crippen molar-refractivity contribution in [1.82, 2.24) is 15.1 Å². The van der Waals surface area contributed by atoms with E-state index in [2.05, 4.69) is 24.3 Å². The van der Waals surface area contributed by atoms with Crippen molar-refractivity contribution in [1.29, 1.82) is 0 Å². The molecule has 0 bridgehead atoms. The number of amides is 1. The molecule has 2 N–H and O–H groups in total. The first-order chi connectivity index (χ1) is 9.60. The molecule has 0 spiro atoms. The molecular formula is C16H29N3O2. The zero-order chi connectivity index (χ0) is 16.2. The van der Waals surface area contributed by atoms with Crippen LogP contribution in [0.15, 0.2) is 6.07 Å². The SMILES string of the molecule is CC(C)c1cc(C(=O)N[C@@H](C)CCCC(C)(C)O)n(C)n1. The smallest absolute Gasteiger partial charge is 0.269 e. The summed E-state index contributed by atoms with van der Waals surface area (Å²) in [6.07, 6.45) is 2.47. The molecule has 0 aliphatic heterocycles. The predicted molar refractivity (Wildman–Crippen MR) is 84.4 cm³/mol. The molecule has 1 heterocycles. The van der Waals surface area contributed by atoms with E-state index in [-0.39, 0.29) is 11.9 Å². The minimum absolute atomic E-state index is 0.0808. The van der Waals surface area contributed by atoms with Crippen molar-refractivity contribution in [2.75, 3.05) is 0 Å². The topological polar surface area (TPSA) is 67.2 Å². The molecule has 0 radical (unpaired) electrons. The zero-order valence-electron chi connectivity index (χ0n) is 14.1. The summed E-state index contributed by atoms with van der Waals surface area (Å²) < 4.78 is 1.63. The molecule has 0 aromatic carbocycles. The molecule has 0 saturated carbocycles. The van der Waals surface area contributed by atoms with Gasteiger partial charge < -0.3 is 10.4 Å². The summed E-state index contributed by atoms with van der Waals surface area (Å²) in [5.41, 5.74) is 0.878. The highest BCUT2D eigenvalue weighted by molar-refractivity contribution is 5.92. The number of hydrogen-bond donors (Lipinski definition) is 2. The zero-order valence-corrected chi connectivity index (χ0v) is 14.1. The maximum atomic E-state index is 12.3. The molecule has 5 heteroatoms. The summed E-state index contributed by atoms with van der Waals surface area (Å²) in [7, 11) is 1.79. The first-order valence-corrected chi connectivity index (χ1v) is 7.67. The van der Waals surface area contributed by atoms with Gasteiger partial charge in [-0.3, -0.25) is 9.48 Å². The Labute approximate surface area is 127 Å². The van der Waals surface area contributed by atoms with Crippen LogP contribution >= 0.6 is 0 Å². The van der Waals surface area contributed by atoms with Crippen LogP contribution in [0.1, 0.15) is 76.0 Å². The fourth-order valence-corrected chi connectivity index (χ4v) is 2.19. The minimum Gasteiger partial charge on any atom is -0.390 e. The Hall–Kier alpha value is -1.36.